The summed E-state index contributed by atoms with van der Waals surface area (Å²) in [5.74, 6) is -0.172. The predicted molar refractivity (Wildman–Crippen MR) is 70.7 cm³/mol. The zero-order valence-electron chi connectivity index (χ0n) is 9.89. The Bertz CT molecular complexity index is 636. The fourth-order valence-electron chi connectivity index (χ4n) is 1.53. The molecule has 0 unspecified atom stereocenters. The standard InChI is InChI=1S/C14H10N2O3/c17-14(12-6-8-15-9-7-12)5-4-11-2-1-3-13(10-11)16(18)19/h1-10H/b5-4+. The van der Waals surface area contributed by atoms with Crippen molar-refractivity contribution in [3.05, 3.63) is 76.1 Å². The Balaban J connectivity index is 2.17. The van der Waals surface area contributed by atoms with Gasteiger partial charge in [0.25, 0.3) is 5.69 Å². The summed E-state index contributed by atoms with van der Waals surface area (Å²) in [7, 11) is 0. The Morgan fingerprint density at radius 1 is 1.21 bits per heavy atom. The van der Waals surface area contributed by atoms with E-state index < -0.39 is 4.92 Å². The number of nitro benzene ring substituents is 1. The highest BCUT2D eigenvalue weighted by Crippen LogP contribution is 2.14. The van der Waals surface area contributed by atoms with Crippen LogP contribution >= 0.6 is 0 Å². The molecule has 2 rings (SSSR count). The molecular formula is C14H10N2O3. The maximum atomic E-state index is 11.8. The molecule has 0 aliphatic heterocycles. The molecule has 5 nitrogen and oxygen atoms in total. The quantitative estimate of drug-likeness (QED) is 0.364. The number of carbonyl (C=O) groups excluding carboxylic acids is 1. The first-order valence-corrected chi connectivity index (χ1v) is 5.54. The van der Waals surface area contributed by atoms with Gasteiger partial charge in [-0.3, -0.25) is 19.9 Å². The number of carbonyl (C=O) groups is 1. The lowest BCUT2D eigenvalue weighted by Crippen LogP contribution is -1.93. The molecule has 19 heavy (non-hydrogen) atoms. The van der Waals surface area contributed by atoms with Gasteiger partial charge in [-0.05, 0) is 23.8 Å². The minimum absolute atomic E-state index is 0.00138. The molecule has 0 aliphatic carbocycles. The Kier molecular flexibility index (Phi) is 3.78. The van der Waals surface area contributed by atoms with E-state index in [4.69, 9.17) is 0 Å². The topological polar surface area (TPSA) is 73.1 Å². The van der Waals surface area contributed by atoms with Crippen LogP contribution < -0.4 is 0 Å². The third-order valence-electron chi connectivity index (χ3n) is 2.47. The normalized spacial score (nSPS) is 10.5. The molecule has 2 aromatic rings. The maximum absolute atomic E-state index is 11.8. The number of ketones is 1. The Labute approximate surface area is 109 Å². The molecule has 0 radical (unpaired) electrons. The number of allylic oxidation sites excluding steroid dienone is 1. The van der Waals surface area contributed by atoms with E-state index in [1.54, 1.807) is 30.3 Å². The molecule has 0 spiro atoms. The van der Waals surface area contributed by atoms with Crippen LogP contribution in [0, 0.1) is 10.1 Å². The lowest BCUT2D eigenvalue weighted by Gasteiger charge is -1.95. The molecule has 0 atom stereocenters. The Hall–Kier alpha value is -2.82. The number of rotatable bonds is 4. The number of hydrogen-bond acceptors (Lipinski definition) is 4. The molecule has 0 fully saturated rings. The van der Waals surface area contributed by atoms with E-state index in [-0.39, 0.29) is 11.5 Å². The van der Waals surface area contributed by atoms with Gasteiger partial charge in [0.05, 0.1) is 4.92 Å². The highest BCUT2D eigenvalue weighted by Gasteiger charge is 2.04. The number of non-ortho nitro benzene ring substituents is 1. The minimum Gasteiger partial charge on any atom is -0.289 e. The molecule has 1 heterocycles. The largest absolute Gasteiger partial charge is 0.289 e. The molecule has 1 aromatic carbocycles. The van der Waals surface area contributed by atoms with Crippen LogP contribution in [0.1, 0.15) is 15.9 Å². The maximum Gasteiger partial charge on any atom is 0.270 e. The molecule has 94 valence electrons. The van der Waals surface area contributed by atoms with Crippen molar-refractivity contribution in [2.45, 2.75) is 0 Å². The average molecular weight is 254 g/mol. The van der Waals surface area contributed by atoms with Crippen LogP contribution in [-0.2, 0) is 0 Å². The van der Waals surface area contributed by atoms with Gasteiger partial charge in [0.2, 0.25) is 0 Å². The number of pyridine rings is 1. The second-order valence-corrected chi connectivity index (χ2v) is 3.79. The van der Waals surface area contributed by atoms with Crippen molar-refractivity contribution < 1.29 is 9.72 Å². The average Bonchev–Trinajstić information content (AvgIpc) is 2.46. The van der Waals surface area contributed by atoms with Gasteiger partial charge in [-0.2, -0.15) is 0 Å². The van der Waals surface area contributed by atoms with Gasteiger partial charge in [0.1, 0.15) is 0 Å². The van der Waals surface area contributed by atoms with Crippen molar-refractivity contribution in [2.24, 2.45) is 0 Å². The smallest absolute Gasteiger partial charge is 0.270 e. The molecule has 0 saturated heterocycles. The number of benzene rings is 1. The molecular weight excluding hydrogens is 244 g/mol. The molecule has 0 amide bonds. The van der Waals surface area contributed by atoms with Crippen molar-refractivity contribution >= 4 is 17.5 Å². The van der Waals surface area contributed by atoms with Crippen LogP contribution in [0.25, 0.3) is 6.08 Å². The van der Waals surface area contributed by atoms with Crippen LogP contribution in [0.2, 0.25) is 0 Å². The number of hydrogen-bond donors (Lipinski definition) is 0. The molecule has 5 heteroatoms. The van der Waals surface area contributed by atoms with E-state index in [1.807, 2.05) is 0 Å². The molecule has 0 bridgehead atoms. The minimum atomic E-state index is -0.470. The number of nitrogens with zero attached hydrogens (tertiary/aromatic N) is 2. The van der Waals surface area contributed by atoms with E-state index >= 15 is 0 Å². The third kappa shape index (κ3) is 3.32. The van der Waals surface area contributed by atoms with E-state index in [9.17, 15) is 14.9 Å². The van der Waals surface area contributed by atoms with E-state index in [0.29, 0.717) is 11.1 Å². The van der Waals surface area contributed by atoms with E-state index in [0.717, 1.165) is 0 Å². The van der Waals surface area contributed by atoms with Gasteiger partial charge in [-0.25, -0.2) is 0 Å². The van der Waals surface area contributed by atoms with Crippen molar-refractivity contribution in [1.29, 1.82) is 0 Å². The van der Waals surface area contributed by atoms with Gasteiger partial charge in [-0.15, -0.1) is 0 Å². The lowest BCUT2D eigenvalue weighted by atomic mass is 10.1. The highest BCUT2D eigenvalue weighted by molar-refractivity contribution is 6.06. The van der Waals surface area contributed by atoms with Gasteiger partial charge in [0, 0.05) is 30.1 Å². The first-order chi connectivity index (χ1) is 9.16. The Morgan fingerprint density at radius 3 is 2.63 bits per heavy atom. The van der Waals surface area contributed by atoms with Gasteiger partial charge in [-0.1, -0.05) is 18.2 Å². The third-order valence-corrected chi connectivity index (χ3v) is 2.47. The van der Waals surface area contributed by atoms with Gasteiger partial charge < -0.3 is 0 Å². The monoisotopic (exact) mass is 254 g/mol. The highest BCUT2D eigenvalue weighted by atomic mass is 16.6. The second kappa shape index (κ2) is 5.68. The number of nitro groups is 1. The Morgan fingerprint density at radius 2 is 1.95 bits per heavy atom. The fraction of sp³-hybridized carbons (Fsp3) is 0. The fourth-order valence-corrected chi connectivity index (χ4v) is 1.53. The summed E-state index contributed by atoms with van der Waals surface area (Å²) >= 11 is 0. The summed E-state index contributed by atoms with van der Waals surface area (Å²) in [5.41, 5.74) is 1.13. The molecule has 0 N–H and O–H groups in total. The first-order valence-electron chi connectivity index (χ1n) is 5.54. The zero-order valence-corrected chi connectivity index (χ0v) is 9.89. The van der Waals surface area contributed by atoms with Crippen molar-refractivity contribution in [3.8, 4) is 0 Å². The zero-order chi connectivity index (χ0) is 13.7. The van der Waals surface area contributed by atoms with Crippen LogP contribution in [0.5, 0.6) is 0 Å². The SMILES string of the molecule is O=C(/C=C/c1cccc([N+](=O)[O-])c1)c1ccncc1. The summed E-state index contributed by atoms with van der Waals surface area (Å²) in [4.78, 5) is 25.8. The van der Waals surface area contributed by atoms with Crippen molar-refractivity contribution in [1.82, 2.24) is 4.98 Å². The van der Waals surface area contributed by atoms with E-state index in [2.05, 4.69) is 4.98 Å². The summed E-state index contributed by atoms with van der Waals surface area (Å²) in [6, 6.07) is 9.32. The number of aromatic nitrogens is 1. The second-order valence-electron chi connectivity index (χ2n) is 3.79. The van der Waals surface area contributed by atoms with Crippen LogP contribution in [0.3, 0.4) is 0 Å². The lowest BCUT2D eigenvalue weighted by molar-refractivity contribution is -0.384. The van der Waals surface area contributed by atoms with Gasteiger partial charge >= 0.3 is 0 Å². The summed E-state index contributed by atoms with van der Waals surface area (Å²) in [6.45, 7) is 0. The summed E-state index contributed by atoms with van der Waals surface area (Å²) < 4.78 is 0. The van der Waals surface area contributed by atoms with E-state index in [1.165, 1.54) is 30.6 Å². The predicted octanol–water partition coefficient (Wildman–Crippen LogP) is 2.89. The molecule has 1 aromatic heterocycles. The van der Waals surface area contributed by atoms with Crippen molar-refractivity contribution in [2.75, 3.05) is 0 Å². The van der Waals surface area contributed by atoms with Gasteiger partial charge in [0.15, 0.2) is 5.78 Å². The summed E-state index contributed by atoms with van der Waals surface area (Å²) in [6.07, 6.45) is 6.01. The molecule has 0 aliphatic rings. The van der Waals surface area contributed by atoms with Crippen LogP contribution in [-0.4, -0.2) is 15.7 Å². The first kappa shape index (κ1) is 12.6. The van der Waals surface area contributed by atoms with Crippen LogP contribution in [0.15, 0.2) is 54.9 Å². The van der Waals surface area contributed by atoms with Crippen LogP contribution in [0.4, 0.5) is 5.69 Å². The summed E-state index contributed by atoms with van der Waals surface area (Å²) in [5, 5.41) is 10.6. The van der Waals surface area contributed by atoms with Crippen molar-refractivity contribution in [3.63, 3.8) is 0 Å². The molecule has 0 saturated carbocycles.